The van der Waals surface area contributed by atoms with Crippen molar-refractivity contribution in [3.63, 3.8) is 0 Å². The quantitative estimate of drug-likeness (QED) is 0.554. The van der Waals surface area contributed by atoms with E-state index < -0.39 is 0 Å². The average Bonchev–Trinajstić information content (AvgIpc) is 2.19. The van der Waals surface area contributed by atoms with E-state index in [2.05, 4.69) is 54.9 Å². The van der Waals surface area contributed by atoms with Gasteiger partial charge in [0.25, 0.3) is 0 Å². The van der Waals surface area contributed by atoms with Crippen molar-refractivity contribution in [2.75, 3.05) is 0 Å². The van der Waals surface area contributed by atoms with Crippen molar-refractivity contribution in [2.24, 2.45) is 0 Å². The normalized spacial score (nSPS) is 9.86. The first kappa shape index (κ1) is 11.0. The molecule has 0 saturated carbocycles. The van der Waals surface area contributed by atoms with Gasteiger partial charge in [0.2, 0.25) is 5.52 Å². The summed E-state index contributed by atoms with van der Waals surface area (Å²) in [5, 5.41) is 1.35. The van der Waals surface area contributed by atoms with E-state index in [1.807, 2.05) is 0 Å². The van der Waals surface area contributed by atoms with Gasteiger partial charge in [-0.05, 0) is 25.5 Å². The molecule has 1 heterocycles. The lowest BCUT2D eigenvalue weighted by Crippen LogP contribution is -3.00. The van der Waals surface area contributed by atoms with Crippen LogP contribution >= 0.6 is 0 Å². The van der Waals surface area contributed by atoms with Gasteiger partial charge in [-0.15, -0.1) is 0 Å². The van der Waals surface area contributed by atoms with Gasteiger partial charge in [-0.1, -0.05) is 12.1 Å². The molecule has 0 radical (unpaired) electrons. The van der Waals surface area contributed by atoms with Crippen LogP contribution in [-0.4, -0.2) is 0 Å². The molecule has 2 rings (SSSR count). The number of aryl methyl sites for hydroxylation is 2. The zero-order valence-electron chi connectivity index (χ0n) is 8.50. The Labute approximate surface area is 90.8 Å². The first-order chi connectivity index (χ1) is 6.33. The fourth-order valence-electron chi connectivity index (χ4n) is 1.71. The largest absolute Gasteiger partial charge is 1.00 e. The third kappa shape index (κ3) is 1.73. The van der Waals surface area contributed by atoms with Gasteiger partial charge in [0.05, 0.1) is 0 Å². The number of benzene rings is 1. The Morgan fingerprint density at radius 2 is 1.86 bits per heavy atom. The number of para-hydroxylation sites is 1. The number of hydrogen-bond donors (Lipinski definition) is 0. The van der Waals surface area contributed by atoms with Gasteiger partial charge >= 0.3 is 0 Å². The maximum Gasteiger partial charge on any atom is 0.212 e. The molecule has 14 heavy (non-hydrogen) atoms. The maximum absolute atomic E-state index is 2.27. The molecule has 2 heteroatoms. The van der Waals surface area contributed by atoms with E-state index in [1.165, 1.54) is 16.5 Å². The lowest BCUT2D eigenvalue weighted by molar-refractivity contribution is -0.667. The highest BCUT2D eigenvalue weighted by molar-refractivity contribution is 5.78. The number of pyridine rings is 1. The smallest absolute Gasteiger partial charge is 0.212 e. The van der Waals surface area contributed by atoms with E-state index in [1.54, 1.807) is 0 Å². The molecular formula is C12H14ClN. The molecule has 1 aromatic carbocycles. The van der Waals surface area contributed by atoms with Gasteiger partial charge in [-0.25, -0.2) is 0 Å². The Kier molecular flexibility index (Phi) is 3.48. The molecule has 0 bridgehead atoms. The zero-order valence-corrected chi connectivity index (χ0v) is 9.25. The molecular weight excluding hydrogens is 194 g/mol. The average molecular weight is 208 g/mol. The Bertz CT molecular complexity index is 437. The molecule has 0 spiro atoms. The Morgan fingerprint density at radius 3 is 2.57 bits per heavy atom. The van der Waals surface area contributed by atoms with Crippen molar-refractivity contribution < 1.29 is 17.0 Å². The first-order valence-electron chi connectivity index (χ1n) is 4.70. The van der Waals surface area contributed by atoms with Crippen LogP contribution in [0, 0.1) is 6.92 Å². The van der Waals surface area contributed by atoms with Crippen LogP contribution in [0.5, 0.6) is 0 Å². The summed E-state index contributed by atoms with van der Waals surface area (Å²) in [6, 6.07) is 10.7. The molecule has 0 fully saturated rings. The van der Waals surface area contributed by atoms with Crippen molar-refractivity contribution in [3.8, 4) is 0 Å². The van der Waals surface area contributed by atoms with Crippen LogP contribution in [-0.2, 0) is 6.54 Å². The van der Waals surface area contributed by atoms with Crippen LogP contribution in [0.3, 0.4) is 0 Å². The third-order valence-electron chi connectivity index (χ3n) is 2.48. The standard InChI is InChI=1S/C12H14N.ClH/c1-3-13-9-8-10(2)11-6-4-5-7-12(11)13;/h4-9H,3H2,1-2H3;1H/q+1;/p-1. The third-order valence-corrected chi connectivity index (χ3v) is 2.48. The first-order valence-corrected chi connectivity index (χ1v) is 4.70. The fraction of sp³-hybridized carbons (Fsp3) is 0.250. The number of nitrogens with zero attached hydrogens (tertiary/aromatic N) is 1. The van der Waals surface area contributed by atoms with Gasteiger partial charge in [-0.2, -0.15) is 4.57 Å². The van der Waals surface area contributed by atoms with Crippen molar-refractivity contribution in [3.05, 3.63) is 42.1 Å². The summed E-state index contributed by atoms with van der Waals surface area (Å²) in [6.07, 6.45) is 2.15. The minimum absolute atomic E-state index is 0. The lowest BCUT2D eigenvalue weighted by atomic mass is 10.1. The molecule has 74 valence electrons. The summed E-state index contributed by atoms with van der Waals surface area (Å²) in [5.74, 6) is 0. The van der Waals surface area contributed by atoms with Crippen molar-refractivity contribution in [2.45, 2.75) is 20.4 Å². The Morgan fingerprint density at radius 1 is 1.14 bits per heavy atom. The molecule has 1 nitrogen and oxygen atoms in total. The minimum Gasteiger partial charge on any atom is -1.00 e. The van der Waals surface area contributed by atoms with E-state index >= 15 is 0 Å². The minimum atomic E-state index is 0. The predicted octanol–water partition coefficient (Wildman–Crippen LogP) is -0.540. The Hall–Kier alpha value is -1.08. The fourth-order valence-corrected chi connectivity index (χ4v) is 1.71. The monoisotopic (exact) mass is 207 g/mol. The van der Waals surface area contributed by atoms with Gasteiger partial charge in [0.1, 0.15) is 6.54 Å². The molecule has 1 aromatic heterocycles. The molecule has 2 aromatic rings. The summed E-state index contributed by atoms with van der Waals surface area (Å²) in [7, 11) is 0. The predicted molar refractivity (Wildman–Crippen MR) is 54.6 cm³/mol. The molecule has 0 aliphatic heterocycles. The molecule has 0 atom stereocenters. The zero-order chi connectivity index (χ0) is 9.26. The van der Waals surface area contributed by atoms with Crippen LogP contribution in [0.2, 0.25) is 0 Å². The molecule has 0 amide bonds. The molecule has 0 unspecified atom stereocenters. The van der Waals surface area contributed by atoms with Crippen LogP contribution in [0.15, 0.2) is 36.5 Å². The molecule has 0 N–H and O–H groups in total. The number of aromatic nitrogens is 1. The SMILES string of the molecule is CC[n+]1ccc(C)c2ccccc21.[Cl-]. The summed E-state index contributed by atoms with van der Waals surface area (Å²) in [6.45, 7) is 5.35. The van der Waals surface area contributed by atoms with Gasteiger partial charge in [0, 0.05) is 17.5 Å². The number of halogens is 1. The van der Waals surface area contributed by atoms with Crippen LogP contribution < -0.4 is 17.0 Å². The van der Waals surface area contributed by atoms with Crippen molar-refractivity contribution in [1.29, 1.82) is 0 Å². The van der Waals surface area contributed by atoms with Gasteiger partial charge in [-0.3, -0.25) is 0 Å². The van der Waals surface area contributed by atoms with E-state index in [4.69, 9.17) is 0 Å². The summed E-state index contributed by atoms with van der Waals surface area (Å²) in [5.41, 5.74) is 2.67. The van der Waals surface area contributed by atoms with E-state index in [0.29, 0.717) is 0 Å². The van der Waals surface area contributed by atoms with E-state index in [-0.39, 0.29) is 12.4 Å². The Balaban J connectivity index is 0.000000980. The summed E-state index contributed by atoms with van der Waals surface area (Å²) in [4.78, 5) is 0. The highest BCUT2D eigenvalue weighted by Crippen LogP contribution is 2.13. The molecule has 0 saturated heterocycles. The van der Waals surface area contributed by atoms with Crippen molar-refractivity contribution in [1.82, 2.24) is 0 Å². The maximum atomic E-state index is 2.27. The van der Waals surface area contributed by atoms with Crippen molar-refractivity contribution >= 4 is 10.9 Å². The molecule has 0 aliphatic carbocycles. The molecule has 0 aliphatic rings. The summed E-state index contributed by atoms with van der Waals surface area (Å²) < 4.78 is 2.27. The second-order valence-corrected chi connectivity index (χ2v) is 3.30. The highest BCUT2D eigenvalue weighted by Gasteiger charge is 2.06. The summed E-state index contributed by atoms with van der Waals surface area (Å²) >= 11 is 0. The van der Waals surface area contributed by atoms with Gasteiger partial charge < -0.3 is 12.4 Å². The second kappa shape index (κ2) is 4.43. The highest BCUT2D eigenvalue weighted by atomic mass is 35.5. The number of fused-ring (bicyclic) bond motifs is 1. The van der Waals surface area contributed by atoms with Crippen LogP contribution in [0.25, 0.3) is 10.9 Å². The van der Waals surface area contributed by atoms with E-state index in [9.17, 15) is 0 Å². The number of hydrogen-bond acceptors (Lipinski definition) is 0. The lowest BCUT2D eigenvalue weighted by Gasteiger charge is -2.00. The van der Waals surface area contributed by atoms with Gasteiger partial charge in [0.15, 0.2) is 6.20 Å². The van der Waals surface area contributed by atoms with Crippen LogP contribution in [0.1, 0.15) is 12.5 Å². The van der Waals surface area contributed by atoms with E-state index in [0.717, 1.165) is 6.54 Å². The number of rotatable bonds is 1. The second-order valence-electron chi connectivity index (χ2n) is 3.30. The van der Waals surface area contributed by atoms with Crippen LogP contribution in [0.4, 0.5) is 0 Å². The topological polar surface area (TPSA) is 3.88 Å².